The van der Waals surface area contributed by atoms with Crippen LogP contribution in [0.25, 0.3) is 10.9 Å². The van der Waals surface area contributed by atoms with E-state index < -0.39 is 0 Å². The summed E-state index contributed by atoms with van der Waals surface area (Å²) in [5.41, 5.74) is 1.16. The second-order valence-electron chi connectivity index (χ2n) is 3.90. The van der Waals surface area contributed by atoms with Crippen LogP contribution in [0.2, 0.25) is 0 Å². The summed E-state index contributed by atoms with van der Waals surface area (Å²) >= 11 is 8.74. The van der Waals surface area contributed by atoms with Crippen molar-refractivity contribution in [2.24, 2.45) is 0 Å². The maximum absolute atomic E-state index is 3.52. The van der Waals surface area contributed by atoms with E-state index >= 15 is 0 Å². The fourth-order valence-corrected chi connectivity index (χ4v) is 3.33. The first-order chi connectivity index (χ1) is 8.72. The van der Waals surface area contributed by atoms with Gasteiger partial charge in [-0.2, -0.15) is 0 Å². The number of aromatic amines is 1. The van der Waals surface area contributed by atoms with Crippen LogP contribution in [0.15, 0.2) is 67.4 Å². The molecule has 0 saturated heterocycles. The third kappa shape index (κ3) is 2.51. The summed E-state index contributed by atoms with van der Waals surface area (Å²) < 4.78 is 2.21. The summed E-state index contributed by atoms with van der Waals surface area (Å²) in [7, 11) is 0. The molecule has 0 radical (unpaired) electrons. The number of fused-ring (bicyclic) bond motifs is 1. The standard InChI is InChI=1S/C14H9Br2NS/c15-9-1-4-11(5-2-9)18-14-8-17-13-6-3-10(16)7-12(13)14/h1-8,17H. The first-order valence-corrected chi connectivity index (χ1v) is 7.83. The van der Waals surface area contributed by atoms with E-state index in [1.165, 1.54) is 15.2 Å². The van der Waals surface area contributed by atoms with Crippen molar-refractivity contribution in [1.82, 2.24) is 4.98 Å². The number of halogens is 2. The van der Waals surface area contributed by atoms with Gasteiger partial charge in [0.15, 0.2) is 0 Å². The van der Waals surface area contributed by atoms with Crippen molar-refractivity contribution in [3.05, 3.63) is 57.6 Å². The highest BCUT2D eigenvalue weighted by Gasteiger charge is 2.05. The van der Waals surface area contributed by atoms with E-state index in [1.807, 2.05) is 6.07 Å². The van der Waals surface area contributed by atoms with Crippen LogP contribution in [0.4, 0.5) is 0 Å². The quantitative estimate of drug-likeness (QED) is 0.588. The third-order valence-corrected chi connectivity index (χ3v) is 4.73. The van der Waals surface area contributed by atoms with Gasteiger partial charge >= 0.3 is 0 Å². The Bertz CT molecular complexity index is 689. The van der Waals surface area contributed by atoms with E-state index in [1.54, 1.807) is 11.8 Å². The monoisotopic (exact) mass is 381 g/mol. The molecule has 4 heteroatoms. The van der Waals surface area contributed by atoms with Crippen molar-refractivity contribution in [2.75, 3.05) is 0 Å². The van der Waals surface area contributed by atoms with Crippen LogP contribution in [0.5, 0.6) is 0 Å². The van der Waals surface area contributed by atoms with Gasteiger partial charge < -0.3 is 4.98 Å². The lowest BCUT2D eigenvalue weighted by atomic mass is 10.2. The first kappa shape index (κ1) is 12.3. The third-order valence-electron chi connectivity index (χ3n) is 2.65. The molecular weight excluding hydrogens is 374 g/mol. The van der Waals surface area contributed by atoms with Crippen molar-refractivity contribution < 1.29 is 0 Å². The van der Waals surface area contributed by atoms with Crippen molar-refractivity contribution in [3.63, 3.8) is 0 Å². The number of hydrogen-bond donors (Lipinski definition) is 1. The number of H-pyrrole nitrogens is 1. The summed E-state index contributed by atoms with van der Waals surface area (Å²) in [6, 6.07) is 14.6. The van der Waals surface area contributed by atoms with Gasteiger partial charge in [-0.3, -0.25) is 0 Å². The van der Waals surface area contributed by atoms with Gasteiger partial charge in [-0.15, -0.1) is 0 Å². The normalized spacial score (nSPS) is 11.0. The molecule has 0 atom stereocenters. The van der Waals surface area contributed by atoms with Gasteiger partial charge in [0.2, 0.25) is 0 Å². The fourth-order valence-electron chi connectivity index (χ4n) is 1.78. The maximum atomic E-state index is 3.52. The SMILES string of the molecule is Brc1ccc(Sc2c[nH]c3ccc(Br)cc23)cc1. The van der Waals surface area contributed by atoms with E-state index in [2.05, 4.69) is 79.4 Å². The van der Waals surface area contributed by atoms with E-state index in [9.17, 15) is 0 Å². The molecule has 0 aliphatic heterocycles. The van der Waals surface area contributed by atoms with Gasteiger partial charge in [0, 0.05) is 35.8 Å². The summed E-state index contributed by atoms with van der Waals surface area (Å²) in [4.78, 5) is 5.78. The Morgan fingerprint density at radius 1 is 0.889 bits per heavy atom. The zero-order valence-electron chi connectivity index (χ0n) is 9.28. The van der Waals surface area contributed by atoms with Crippen molar-refractivity contribution in [1.29, 1.82) is 0 Å². The molecule has 1 N–H and O–H groups in total. The molecule has 3 rings (SSSR count). The summed E-state index contributed by atoms with van der Waals surface area (Å²) in [5, 5.41) is 1.25. The van der Waals surface area contributed by atoms with Crippen molar-refractivity contribution >= 4 is 54.5 Å². The molecule has 0 spiro atoms. The first-order valence-electron chi connectivity index (χ1n) is 5.42. The predicted molar refractivity (Wildman–Crippen MR) is 84.3 cm³/mol. The number of aromatic nitrogens is 1. The number of nitrogens with one attached hydrogen (secondary N) is 1. The minimum atomic E-state index is 1.10. The Morgan fingerprint density at radius 3 is 2.39 bits per heavy atom. The zero-order chi connectivity index (χ0) is 12.5. The van der Waals surface area contributed by atoms with E-state index in [0.29, 0.717) is 0 Å². The van der Waals surface area contributed by atoms with E-state index in [0.717, 1.165) is 14.5 Å². The zero-order valence-corrected chi connectivity index (χ0v) is 13.3. The predicted octanol–water partition coefficient (Wildman–Crippen LogP) is 5.84. The molecule has 0 bridgehead atoms. The maximum Gasteiger partial charge on any atom is 0.0466 e. The molecule has 90 valence electrons. The molecule has 1 heterocycles. The Balaban J connectivity index is 1.99. The van der Waals surface area contributed by atoms with Gasteiger partial charge in [0.25, 0.3) is 0 Å². The molecule has 0 saturated carbocycles. The number of benzene rings is 2. The largest absolute Gasteiger partial charge is 0.360 e. The fraction of sp³-hybridized carbons (Fsp3) is 0. The molecule has 0 aliphatic rings. The second-order valence-corrected chi connectivity index (χ2v) is 6.85. The average molecular weight is 383 g/mol. The minimum Gasteiger partial charge on any atom is -0.360 e. The Labute approximate surface area is 126 Å². The highest BCUT2D eigenvalue weighted by molar-refractivity contribution is 9.10. The highest BCUT2D eigenvalue weighted by atomic mass is 79.9. The molecule has 0 aliphatic carbocycles. The Morgan fingerprint density at radius 2 is 1.61 bits per heavy atom. The molecule has 18 heavy (non-hydrogen) atoms. The van der Waals surface area contributed by atoms with Gasteiger partial charge in [0.05, 0.1) is 0 Å². The molecule has 0 fully saturated rings. The van der Waals surface area contributed by atoms with Crippen LogP contribution in [-0.4, -0.2) is 4.98 Å². The van der Waals surface area contributed by atoms with Crippen LogP contribution >= 0.6 is 43.6 Å². The van der Waals surface area contributed by atoms with Crippen molar-refractivity contribution in [2.45, 2.75) is 9.79 Å². The van der Waals surface area contributed by atoms with Crippen LogP contribution in [0.1, 0.15) is 0 Å². The summed E-state index contributed by atoms with van der Waals surface area (Å²) in [5.74, 6) is 0. The molecule has 0 unspecified atom stereocenters. The van der Waals surface area contributed by atoms with Crippen LogP contribution in [0.3, 0.4) is 0 Å². The summed E-state index contributed by atoms with van der Waals surface area (Å²) in [6.45, 7) is 0. The molecule has 2 aromatic carbocycles. The number of hydrogen-bond acceptors (Lipinski definition) is 1. The lowest BCUT2D eigenvalue weighted by Crippen LogP contribution is -1.72. The van der Waals surface area contributed by atoms with Gasteiger partial charge in [-0.05, 0) is 42.5 Å². The van der Waals surface area contributed by atoms with Gasteiger partial charge in [-0.25, -0.2) is 0 Å². The summed E-state index contributed by atoms with van der Waals surface area (Å²) in [6.07, 6.45) is 2.06. The molecule has 0 amide bonds. The Kier molecular flexibility index (Phi) is 3.50. The smallest absolute Gasteiger partial charge is 0.0466 e. The van der Waals surface area contributed by atoms with Gasteiger partial charge in [-0.1, -0.05) is 43.6 Å². The van der Waals surface area contributed by atoms with Crippen LogP contribution in [0, 0.1) is 0 Å². The number of rotatable bonds is 2. The van der Waals surface area contributed by atoms with Gasteiger partial charge in [0.1, 0.15) is 0 Å². The average Bonchev–Trinajstić information content (AvgIpc) is 2.75. The molecule has 1 aromatic heterocycles. The molecule has 3 aromatic rings. The van der Waals surface area contributed by atoms with Crippen molar-refractivity contribution in [3.8, 4) is 0 Å². The Hall–Kier alpha value is -0.710. The van der Waals surface area contributed by atoms with E-state index in [-0.39, 0.29) is 0 Å². The van der Waals surface area contributed by atoms with E-state index in [4.69, 9.17) is 0 Å². The molecule has 1 nitrogen and oxygen atoms in total. The lowest BCUT2D eigenvalue weighted by Gasteiger charge is -2.00. The molecular formula is C14H9Br2NS. The topological polar surface area (TPSA) is 15.8 Å². The lowest BCUT2D eigenvalue weighted by molar-refractivity contribution is 1.39. The van der Waals surface area contributed by atoms with Crippen LogP contribution < -0.4 is 0 Å². The highest BCUT2D eigenvalue weighted by Crippen LogP contribution is 2.35. The second kappa shape index (κ2) is 5.11. The van der Waals surface area contributed by atoms with Crippen LogP contribution in [-0.2, 0) is 0 Å². The minimum absolute atomic E-state index is 1.10.